The maximum Gasteiger partial charge on any atom is 0.137 e. The number of carbonyl (C=O) groups excluding carboxylic acids is 6. The molecule has 22 heavy (non-hydrogen) atoms. The normalized spacial score (nSPS) is 7.91. The molecular formula is C15H24CrO6. The minimum atomic E-state index is -0.0625. The van der Waals surface area contributed by atoms with E-state index >= 15 is 0 Å². The van der Waals surface area contributed by atoms with Gasteiger partial charge in [0, 0.05) is 17.4 Å². The summed E-state index contributed by atoms with van der Waals surface area (Å²) in [5, 5.41) is 0. The minimum Gasteiger partial charge on any atom is -0.300 e. The molecule has 0 aromatic rings. The van der Waals surface area contributed by atoms with Crippen LogP contribution in [0.15, 0.2) is 0 Å². The largest absolute Gasteiger partial charge is 0.300 e. The number of hydrogen-bond donors (Lipinski definition) is 0. The molecule has 0 atom stereocenters. The van der Waals surface area contributed by atoms with Gasteiger partial charge in [-0.1, -0.05) is 0 Å². The summed E-state index contributed by atoms with van der Waals surface area (Å²) in [5.41, 5.74) is 0. The smallest absolute Gasteiger partial charge is 0.137 e. The van der Waals surface area contributed by atoms with E-state index in [0.29, 0.717) is 0 Å². The van der Waals surface area contributed by atoms with Gasteiger partial charge >= 0.3 is 0 Å². The maximum absolute atomic E-state index is 10.0. The van der Waals surface area contributed by atoms with Gasteiger partial charge in [-0.2, -0.15) is 0 Å². The van der Waals surface area contributed by atoms with Crippen LogP contribution in [-0.2, 0) is 46.1 Å². The van der Waals surface area contributed by atoms with Crippen LogP contribution in [-0.4, -0.2) is 34.7 Å². The first-order valence-corrected chi connectivity index (χ1v) is 6.35. The van der Waals surface area contributed by atoms with Crippen molar-refractivity contribution in [3.8, 4) is 0 Å². The summed E-state index contributed by atoms with van der Waals surface area (Å²) in [5.74, 6) is -0.375. The fraction of sp³-hybridized carbons (Fsp3) is 0.600. The number of ketones is 6. The van der Waals surface area contributed by atoms with Crippen molar-refractivity contribution in [2.45, 2.75) is 60.8 Å². The average molecular weight is 352 g/mol. The third-order valence-corrected chi connectivity index (χ3v) is 1.49. The van der Waals surface area contributed by atoms with E-state index in [1.54, 1.807) is 0 Å². The standard InChI is InChI=1S/3C5H8O2.Cr/c3*1-4(6)3-5(2)7;/h3*3H2,1-2H3;. The van der Waals surface area contributed by atoms with Gasteiger partial charge in [0.05, 0.1) is 19.3 Å². The number of Topliss-reactive ketones (excluding diaryl/α,β-unsaturated/α-hetero) is 6. The van der Waals surface area contributed by atoms with Crippen molar-refractivity contribution in [1.82, 2.24) is 0 Å². The molecule has 0 saturated carbocycles. The van der Waals surface area contributed by atoms with E-state index in [1.165, 1.54) is 41.5 Å². The van der Waals surface area contributed by atoms with Crippen LogP contribution in [0.2, 0.25) is 0 Å². The van der Waals surface area contributed by atoms with Crippen molar-refractivity contribution < 1.29 is 46.1 Å². The van der Waals surface area contributed by atoms with Crippen LogP contribution in [0.5, 0.6) is 0 Å². The first kappa shape index (κ1) is 28.7. The SMILES string of the molecule is CC(=O)CC(C)=O.CC(=O)CC(C)=O.CC(=O)CC(C)=O.[Cr]. The van der Waals surface area contributed by atoms with Crippen molar-refractivity contribution in [1.29, 1.82) is 0 Å². The quantitative estimate of drug-likeness (QED) is 0.674. The van der Waals surface area contributed by atoms with E-state index < -0.39 is 0 Å². The predicted octanol–water partition coefficient (Wildman–Crippen LogP) is 1.66. The molecule has 126 valence electrons. The predicted molar refractivity (Wildman–Crippen MR) is 77.9 cm³/mol. The molecule has 0 aliphatic heterocycles. The van der Waals surface area contributed by atoms with Crippen molar-refractivity contribution >= 4 is 34.7 Å². The summed E-state index contributed by atoms with van der Waals surface area (Å²) in [4.78, 5) is 60.2. The fourth-order valence-electron chi connectivity index (χ4n) is 1.05. The molecule has 0 aromatic carbocycles. The summed E-state index contributed by atoms with van der Waals surface area (Å²) < 4.78 is 0. The molecule has 0 spiro atoms. The molecule has 0 unspecified atom stereocenters. The third-order valence-electron chi connectivity index (χ3n) is 1.49. The van der Waals surface area contributed by atoms with Crippen LogP contribution in [0.1, 0.15) is 60.8 Å². The first-order chi connectivity index (χ1) is 9.38. The van der Waals surface area contributed by atoms with Crippen LogP contribution in [0.4, 0.5) is 0 Å². The Balaban J connectivity index is -0.000000108. The monoisotopic (exact) mass is 352 g/mol. The van der Waals surface area contributed by atoms with E-state index in [4.69, 9.17) is 0 Å². The van der Waals surface area contributed by atoms with E-state index in [1.807, 2.05) is 0 Å². The Kier molecular flexibility index (Phi) is 22.9. The number of carbonyl (C=O) groups is 6. The topological polar surface area (TPSA) is 102 Å². The Morgan fingerprint density at radius 1 is 0.409 bits per heavy atom. The summed E-state index contributed by atoms with van der Waals surface area (Å²) >= 11 is 0. The van der Waals surface area contributed by atoms with Gasteiger partial charge < -0.3 is 0 Å². The van der Waals surface area contributed by atoms with Gasteiger partial charge in [0.1, 0.15) is 34.7 Å². The molecule has 0 aromatic heterocycles. The van der Waals surface area contributed by atoms with Gasteiger partial charge in [-0.25, -0.2) is 0 Å². The third kappa shape index (κ3) is 51.3. The zero-order chi connectivity index (χ0) is 17.6. The Labute approximate surface area is 142 Å². The average Bonchev–Trinajstić information content (AvgIpc) is 2.10. The van der Waals surface area contributed by atoms with Gasteiger partial charge in [0.15, 0.2) is 0 Å². The number of rotatable bonds is 6. The van der Waals surface area contributed by atoms with Gasteiger partial charge in [-0.15, -0.1) is 0 Å². The summed E-state index contributed by atoms with van der Waals surface area (Å²) in [6.07, 6.45) is 0.250. The van der Waals surface area contributed by atoms with Crippen LogP contribution >= 0.6 is 0 Å². The Bertz CT molecular complexity index is 314. The van der Waals surface area contributed by atoms with Crippen LogP contribution < -0.4 is 0 Å². The summed E-state index contributed by atoms with van der Waals surface area (Å²) in [6, 6.07) is 0. The molecule has 0 radical (unpaired) electrons. The van der Waals surface area contributed by atoms with E-state index in [-0.39, 0.29) is 71.3 Å². The van der Waals surface area contributed by atoms with Crippen molar-refractivity contribution in [3.63, 3.8) is 0 Å². The molecule has 0 heterocycles. The Morgan fingerprint density at radius 3 is 0.500 bits per heavy atom. The molecular weight excluding hydrogens is 328 g/mol. The molecule has 6 nitrogen and oxygen atoms in total. The Morgan fingerprint density at radius 2 is 0.500 bits per heavy atom. The molecule has 0 aliphatic carbocycles. The maximum atomic E-state index is 10.0. The van der Waals surface area contributed by atoms with E-state index in [2.05, 4.69) is 0 Å². The molecule has 0 N–H and O–H groups in total. The summed E-state index contributed by atoms with van der Waals surface area (Å²) in [6.45, 7) is 8.42. The second-order valence-electron chi connectivity index (χ2n) is 4.74. The van der Waals surface area contributed by atoms with Gasteiger partial charge in [0.2, 0.25) is 0 Å². The molecule has 0 rings (SSSR count). The van der Waals surface area contributed by atoms with Crippen LogP contribution in [0.3, 0.4) is 0 Å². The van der Waals surface area contributed by atoms with Crippen molar-refractivity contribution in [3.05, 3.63) is 0 Å². The molecule has 7 heteroatoms. The molecule has 0 saturated heterocycles. The zero-order valence-electron chi connectivity index (χ0n) is 14.0. The molecule has 0 bridgehead atoms. The van der Waals surface area contributed by atoms with E-state index in [0.717, 1.165) is 0 Å². The second kappa shape index (κ2) is 17.6. The van der Waals surface area contributed by atoms with Gasteiger partial charge in [-0.3, -0.25) is 28.8 Å². The first-order valence-electron chi connectivity index (χ1n) is 6.35. The summed E-state index contributed by atoms with van der Waals surface area (Å²) in [7, 11) is 0. The fourth-order valence-corrected chi connectivity index (χ4v) is 1.05. The number of hydrogen-bond acceptors (Lipinski definition) is 6. The van der Waals surface area contributed by atoms with Gasteiger partial charge in [-0.05, 0) is 41.5 Å². The van der Waals surface area contributed by atoms with E-state index in [9.17, 15) is 28.8 Å². The molecule has 0 aliphatic rings. The molecule has 0 amide bonds. The minimum absolute atomic E-state index is 0. The molecule has 0 fully saturated rings. The van der Waals surface area contributed by atoms with Crippen LogP contribution in [0, 0.1) is 0 Å². The van der Waals surface area contributed by atoms with Crippen molar-refractivity contribution in [2.24, 2.45) is 0 Å². The van der Waals surface area contributed by atoms with Crippen molar-refractivity contribution in [2.75, 3.05) is 0 Å². The van der Waals surface area contributed by atoms with Crippen LogP contribution in [0.25, 0.3) is 0 Å². The Hall–Kier alpha value is -1.45. The second-order valence-corrected chi connectivity index (χ2v) is 4.74. The van der Waals surface area contributed by atoms with Gasteiger partial charge in [0.25, 0.3) is 0 Å². The zero-order valence-corrected chi connectivity index (χ0v) is 15.3.